The van der Waals surface area contributed by atoms with E-state index in [4.69, 9.17) is 20.6 Å². The minimum Gasteiger partial charge on any atom is -0.490 e. The molecule has 1 aliphatic rings. The molecule has 3 N–H and O–H groups in total. The Morgan fingerprint density at radius 1 is 1.27 bits per heavy atom. The van der Waals surface area contributed by atoms with E-state index < -0.39 is 0 Å². The molecule has 2 rings (SSSR count). The Hall–Kier alpha value is -1.36. The molecule has 5 heteroatoms. The molecule has 1 aliphatic heterocycles. The van der Waals surface area contributed by atoms with Crippen LogP contribution in [-0.2, 0) is 0 Å². The molecule has 0 saturated heterocycles. The van der Waals surface area contributed by atoms with Gasteiger partial charge in [-0.1, -0.05) is 11.8 Å². The lowest BCUT2D eigenvalue weighted by molar-refractivity contribution is 0.297. The van der Waals surface area contributed by atoms with Crippen molar-refractivity contribution in [3.63, 3.8) is 0 Å². The van der Waals surface area contributed by atoms with Crippen molar-refractivity contribution in [3.05, 3.63) is 18.2 Å². The van der Waals surface area contributed by atoms with Gasteiger partial charge in [-0.15, -0.1) is 0 Å². The first kappa shape index (κ1) is 10.2. The number of amidine groups is 1. The lowest BCUT2D eigenvalue weighted by atomic mass is 10.3. The van der Waals surface area contributed by atoms with Crippen LogP contribution in [-0.4, -0.2) is 18.4 Å². The number of hydrogen-bond donors (Lipinski definition) is 2. The lowest BCUT2D eigenvalue weighted by Crippen LogP contribution is -2.03. The minimum absolute atomic E-state index is 0.0736. The van der Waals surface area contributed by atoms with Crippen LogP contribution in [0, 0.1) is 5.41 Å². The number of nitrogens with one attached hydrogen (secondary N) is 1. The minimum atomic E-state index is 0.0736. The molecule has 4 nitrogen and oxygen atoms in total. The summed E-state index contributed by atoms with van der Waals surface area (Å²) in [5, 5.41) is 7.26. The Bertz CT molecular complexity index is 382. The van der Waals surface area contributed by atoms with Crippen molar-refractivity contribution in [2.75, 3.05) is 13.2 Å². The van der Waals surface area contributed by atoms with E-state index >= 15 is 0 Å². The predicted octanol–water partition coefficient (Wildman–Crippen LogP) is 1.83. The monoisotopic (exact) mass is 224 g/mol. The Morgan fingerprint density at radius 2 is 2.00 bits per heavy atom. The highest BCUT2D eigenvalue weighted by molar-refractivity contribution is 8.13. The molecule has 0 aliphatic carbocycles. The summed E-state index contributed by atoms with van der Waals surface area (Å²) in [4.78, 5) is 0.895. The van der Waals surface area contributed by atoms with E-state index in [2.05, 4.69) is 0 Å². The van der Waals surface area contributed by atoms with E-state index in [0.29, 0.717) is 13.2 Å². The highest BCUT2D eigenvalue weighted by Crippen LogP contribution is 2.33. The third kappa shape index (κ3) is 2.56. The zero-order chi connectivity index (χ0) is 10.7. The topological polar surface area (TPSA) is 68.3 Å². The van der Waals surface area contributed by atoms with Crippen LogP contribution in [0.5, 0.6) is 11.5 Å². The molecular formula is C10H12N2O2S. The molecule has 0 atom stereocenters. The zero-order valence-corrected chi connectivity index (χ0v) is 8.97. The van der Waals surface area contributed by atoms with Crippen molar-refractivity contribution >= 4 is 16.9 Å². The van der Waals surface area contributed by atoms with E-state index in [-0.39, 0.29) is 5.17 Å². The molecule has 15 heavy (non-hydrogen) atoms. The molecular weight excluding hydrogens is 212 g/mol. The first-order valence-corrected chi connectivity index (χ1v) is 5.49. The normalized spacial score (nSPS) is 14.4. The van der Waals surface area contributed by atoms with Gasteiger partial charge in [-0.25, -0.2) is 0 Å². The van der Waals surface area contributed by atoms with Crippen LogP contribution >= 0.6 is 11.8 Å². The van der Waals surface area contributed by atoms with Gasteiger partial charge in [0.2, 0.25) is 0 Å². The van der Waals surface area contributed by atoms with E-state index in [0.717, 1.165) is 22.8 Å². The van der Waals surface area contributed by atoms with Crippen molar-refractivity contribution in [2.45, 2.75) is 11.3 Å². The summed E-state index contributed by atoms with van der Waals surface area (Å²) >= 11 is 1.20. The summed E-state index contributed by atoms with van der Waals surface area (Å²) in [5.41, 5.74) is 5.31. The molecule has 0 fully saturated rings. The highest BCUT2D eigenvalue weighted by atomic mass is 32.2. The molecule has 1 heterocycles. The molecule has 1 aromatic carbocycles. The van der Waals surface area contributed by atoms with Gasteiger partial charge in [-0.2, -0.15) is 0 Å². The summed E-state index contributed by atoms with van der Waals surface area (Å²) in [6, 6.07) is 5.58. The Kier molecular flexibility index (Phi) is 3.01. The predicted molar refractivity (Wildman–Crippen MR) is 59.8 cm³/mol. The van der Waals surface area contributed by atoms with Crippen molar-refractivity contribution in [2.24, 2.45) is 5.73 Å². The average Bonchev–Trinajstić information content (AvgIpc) is 2.41. The largest absolute Gasteiger partial charge is 0.490 e. The quantitative estimate of drug-likeness (QED) is 0.434. The van der Waals surface area contributed by atoms with E-state index in [1.165, 1.54) is 11.8 Å². The Morgan fingerprint density at radius 3 is 2.73 bits per heavy atom. The maximum absolute atomic E-state index is 7.18. The van der Waals surface area contributed by atoms with Gasteiger partial charge in [0.05, 0.1) is 13.2 Å². The van der Waals surface area contributed by atoms with Crippen LogP contribution < -0.4 is 15.2 Å². The molecule has 0 unspecified atom stereocenters. The smallest absolute Gasteiger partial charge is 0.162 e. The third-order valence-electron chi connectivity index (χ3n) is 1.95. The number of hydrogen-bond acceptors (Lipinski definition) is 4. The van der Waals surface area contributed by atoms with Crippen LogP contribution in [0.3, 0.4) is 0 Å². The summed E-state index contributed by atoms with van der Waals surface area (Å²) < 4.78 is 11.0. The fourth-order valence-corrected chi connectivity index (χ4v) is 1.89. The number of ether oxygens (including phenoxy) is 2. The fourth-order valence-electron chi connectivity index (χ4n) is 1.33. The van der Waals surface area contributed by atoms with Crippen LogP contribution in [0.15, 0.2) is 23.1 Å². The SMILES string of the molecule is N=C(N)Sc1ccc2c(c1)OCCCO2. The van der Waals surface area contributed by atoms with Crippen LogP contribution in [0.1, 0.15) is 6.42 Å². The molecule has 0 spiro atoms. The maximum Gasteiger partial charge on any atom is 0.162 e. The average molecular weight is 224 g/mol. The summed E-state index contributed by atoms with van der Waals surface area (Å²) in [6.07, 6.45) is 0.893. The van der Waals surface area contributed by atoms with Crippen LogP contribution in [0.25, 0.3) is 0 Å². The second-order valence-corrected chi connectivity index (χ2v) is 4.24. The van der Waals surface area contributed by atoms with Crippen LogP contribution in [0.2, 0.25) is 0 Å². The van der Waals surface area contributed by atoms with Crippen LogP contribution in [0.4, 0.5) is 0 Å². The van der Waals surface area contributed by atoms with E-state index in [1.807, 2.05) is 18.2 Å². The molecule has 80 valence electrons. The first-order chi connectivity index (χ1) is 7.25. The van der Waals surface area contributed by atoms with Gasteiger partial charge in [0.15, 0.2) is 16.7 Å². The fraction of sp³-hybridized carbons (Fsp3) is 0.300. The van der Waals surface area contributed by atoms with Gasteiger partial charge in [0, 0.05) is 11.3 Å². The van der Waals surface area contributed by atoms with E-state index in [1.54, 1.807) is 0 Å². The summed E-state index contributed by atoms with van der Waals surface area (Å²) in [5.74, 6) is 1.50. The molecule has 0 radical (unpaired) electrons. The Balaban J connectivity index is 2.23. The van der Waals surface area contributed by atoms with E-state index in [9.17, 15) is 0 Å². The molecule has 1 aromatic rings. The molecule has 0 aromatic heterocycles. The summed E-state index contributed by atoms with van der Waals surface area (Å²) in [6.45, 7) is 1.35. The number of rotatable bonds is 1. The Labute approximate surface area is 92.3 Å². The molecule has 0 bridgehead atoms. The lowest BCUT2D eigenvalue weighted by Gasteiger charge is -2.08. The van der Waals surface area contributed by atoms with Crippen molar-refractivity contribution < 1.29 is 9.47 Å². The molecule has 0 amide bonds. The van der Waals surface area contributed by atoms with Crippen molar-refractivity contribution in [1.82, 2.24) is 0 Å². The van der Waals surface area contributed by atoms with Crippen molar-refractivity contribution in [3.8, 4) is 11.5 Å². The van der Waals surface area contributed by atoms with Crippen molar-refractivity contribution in [1.29, 1.82) is 5.41 Å². The second kappa shape index (κ2) is 4.44. The number of benzene rings is 1. The number of fused-ring (bicyclic) bond motifs is 1. The van der Waals surface area contributed by atoms with Gasteiger partial charge >= 0.3 is 0 Å². The maximum atomic E-state index is 7.18. The highest BCUT2D eigenvalue weighted by Gasteiger charge is 2.10. The summed E-state index contributed by atoms with van der Waals surface area (Å²) in [7, 11) is 0. The van der Waals surface area contributed by atoms with Gasteiger partial charge in [-0.05, 0) is 18.2 Å². The molecule has 0 saturated carbocycles. The van der Waals surface area contributed by atoms with Gasteiger partial charge < -0.3 is 15.2 Å². The zero-order valence-electron chi connectivity index (χ0n) is 8.16. The van der Waals surface area contributed by atoms with Gasteiger partial charge in [0.25, 0.3) is 0 Å². The number of nitrogens with two attached hydrogens (primary N) is 1. The first-order valence-electron chi connectivity index (χ1n) is 4.67. The standard InChI is InChI=1S/C10H12N2O2S/c11-10(12)15-7-2-3-8-9(6-7)14-5-1-4-13-8/h2-3,6H,1,4-5H2,(H3,11,12). The third-order valence-corrected chi connectivity index (χ3v) is 2.66. The second-order valence-electron chi connectivity index (χ2n) is 3.13. The van der Waals surface area contributed by atoms with Gasteiger partial charge in [-0.3, -0.25) is 5.41 Å². The number of thioether (sulfide) groups is 1. The van der Waals surface area contributed by atoms with Gasteiger partial charge in [0.1, 0.15) is 0 Å².